The molecular weight excluding hydrogens is 414 g/mol. The standard InChI is InChI=1S/C23H28ClN5O2/c1-3-27(4-2)14-17-7-6-12-28(17)15-21(30)29-20-13-16(24)9-10-18(20)23(31)26-19-8-5-11-25-22(19)29/h5,8-11,13,17H,3-4,6-7,12,14-15H2,1-2H3,(H,26,31)/t17-/m0/s1. The predicted octanol–water partition coefficient (Wildman–Crippen LogP) is 3.77. The number of aromatic nitrogens is 1. The minimum atomic E-state index is -0.281. The number of halogens is 1. The van der Waals surface area contributed by atoms with Crippen LogP contribution >= 0.6 is 11.6 Å². The Morgan fingerprint density at radius 2 is 2.10 bits per heavy atom. The second-order valence-electron chi connectivity index (χ2n) is 7.97. The van der Waals surface area contributed by atoms with Crippen molar-refractivity contribution in [2.24, 2.45) is 0 Å². The van der Waals surface area contributed by atoms with Crippen LogP contribution < -0.4 is 10.2 Å². The molecule has 2 aromatic rings. The first-order valence-corrected chi connectivity index (χ1v) is 11.2. The zero-order valence-electron chi connectivity index (χ0n) is 18.0. The number of benzene rings is 1. The van der Waals surface area contributed by atoms with E-state index < -0.39 is 0 Å². The molecule has 1 atom stereocenters. The van der Waals surface area contributed by atoms with Gasteiger partial charge in [0.25, 0.3) is 5.91 Å². The second-order valence-corrected chi connectivity index (χ2v) is 8.41. The summed E-state index contributed by atoms with van der Waals surface area (Å²) in [4.78, 5) is 37.1. The van der Waals surface area contributed by atoms with Gasteiger partial charge in [0.2, 0.25) is 5.91 Å². The monoisotopic (exact) mass is 441 g/mol. The van der Waals surface area contributed by atoms with Crippen molar-refractivity contribution >= 4 is 40.6 Å². The molecule has 1 N–H and O–H groups in total. The highest BCUT2D eigenvalue weighted by molar-refractivity contribution is 6.31. The number of hydrogen-bond acceptors (Lipinski definition) is 5. The number of carbonyl (C=O) groups is 2. The van der Waals surface area contributed by atoms with Gasteiger partial charge in [0.15, 0.2) is 5.82 Å². The van der Waals surface area contributed by atoms with Gasteiger partial charge in [-0.05, 0) is 62.8 Å². The van der Waals surface area contributed by atoms with Crippen molar-refractivity contribution in [2.45, 2.75) is 32.7 Å². The summed E-state index contributed by atoms with van der Waals surface area (Å²) in [6.45, 7) is 8.44. The number of amides is 2. The van der Waals surface area contributed by atoms with Crippen molar-refractivity contribution in [3.05, 3.63) is 47.1 Å². The van der Waals surface area contributed by atoms with Crippen LogP contribution in [0.2, 0.25) is 5.02 Å². The van der Waals surface area contributed by atoms with E-state index >= 15 is 0 Å². The van der Waals surface area contributed by atoms with E-state index in [1.54, 1.807) is 41.4 Å². The van der Waals surface area contributed by atoms with Gasteiger partial charge in [-0.2, -0.15) is 0 Å². The summed E-state index contributed by atoms with van der Waals surface area (Å²) in [7, 11) is 0. The van der Waals surface area contributed by atoms with Gasteiger partial charge in [0.05, 0.1) is 23.5 Å². The summed E-state index contributed by atoms with van der Waals surface area (Å²) in [5, 5.41) is 3.33. The van der Waals surface area contributed by atoms with E-state index in [2.05, 4.69) is 33.9 Å². The van der Waals surface area contributed by atoms with Crippen LogP contribution in [-0.2, 0) is 4.79 Å². The summed E-state index contributed by atoms with van der Waals surface area (Å²) in [5.74, 6) is 0.0181. The highest BCUT2D eigenvalue weighted by atomic mass is 35.5. The molecular formula is C23H28ClN5O2. The third-order valence-electron chi connectivity index (χ3n) is 6.14. The zero-order chi connectivity index (χ0) is 22.0. The number of fused-ring (bicyclic) bond motifs is 2. The van der Waals surface area contributed by atoms with Crippen LogP contribution in [0.25, 0.3) is 0 Å². The Balaban J connectivity index is 1.67. The molecule has 7 nitrogen and oxygen atoms in total. The van der Waals surface area contributed by atoms with Crippen LogP contribution in [0.5, 0.6) is 0 Å². The Morgan fingerprint density at radius 3 is 2.87 bits per heavy atom. The molecule has 4 rings (SSSR count). The molecule has 0 unspecified atom stereocenters. The molecule has 164 valence electrons. The largest absolute Gasteiger partial charge is 0.319 e. The van der Waals surface area contributed by atoms with Crippen molar-refractivity contribution in [2.75, 3.05) is 42.9 Å². The van der Waals surface area contributed by atoms with E-state index in [4.69, 9.17) is 11.6 Å². The number of nitrogens with one attached hydrogen (secondary N) is 1. The maximum Gasteiger partial charge on any atom is 0.257 e. The van der Waals surface area contributed by atoms with E-state index in [1.165, 1.54) is 0 Å². The lowest BCUT2D eigenvalue weighted by Gasteiger charge is -2.31. The van der Waals surface area contributed by atoms with Crippen LogP contribution in [-0.4, -0.2) is 65.4 Å². The summed E-state index contributed by atoms with van der Waals surface area (Å²) in [6.07, 6.45) is 3.79. The number of pyridine rings is 1. The first-order valence-electron chi connectivity index (χ1n) is 10.9. The van der Waals surface area contributed by atoms with Gasteiger partial charge < -0.3 is 10.2 Å². The molecule has 3 heterocycles. The average molecular weight is 442 g/mol. The van der Waals surface area contributed by atoms with Gasteiger partial charge in [-0.15, -0.1) is 0 Å². The van der Waals surface area contributed by atoms with E-state index in [9.17, 15) is 9.59 Å². The molecule has 31 heavy (non-hydrogen) atoms. The summed E-state index contributed by atoms with van der Waals surface area (Å²) in [5.41, 5.74) is 1.37. The molecule has 0 aliphatic carbocycles. The minimum absolute atomic E-state index is 0.119. The fourth-order valence-electron chi connectivity index (χ4n) is 4.45. The SMILES string of the molecule is CCN(CC)C[C@@H]1CCCN1CC(=O)N1c2cc(Cl)ccc2C(=O)Nc2cccnc21. The average Bonchev–Trinajstić information content (AvgIpc) is 3.14. The van der Waals surface area contributed by atoms with Crippen molar-refractivity contribution in [3.63, 3.8) is 0 Å². The van der Waals surface area contributed by atoms with Gasteiger partial charge in [-0.3, -0.25) is 19.4 Å². The molecule has 0 bridgehead atoms. The Morgan fingerprint density at radius 1 is 1.29 bits per heavy atom. The predicted molar refractivity (Wildman–Crippen MR) is 123 cm³/mol. The van der Waals surface area contributed by atoms with Gasteiger partial charge in [-0.1, -0.05) is 25.4 Å². The molecule has 1 aromatic heterocycles. The van der Waals surface area contributed by atoms with E-state index in [0.29, 0.717) is 33.8 Å². The van der Waals surface area contributed by atoms with Crippen molar-refractivity contribution in [3.8, 4) is 0 Å². The molecule has 2 amide bonds. The fourth-order valence-corrected chi connectivity index (χ4v) is 4.61. The van der Waals surface area contributed by atoms with E-state index in [0.717, 1.165) is 39.0 Å². The Bertz CT molecular complexity index is 978. The minimum Gasteiger partial charge on any atom is -0.319 e. The first-order chi connectivity index (χ1) is 15.0. The Kier molecular flexibility index (Phi) is 6.55. The molecule has 0 radical (unpaired) electrons. The van der Waals surface area contributed by atoms with E-state index in [1.807, 2.05) is 0 Å². The van der Waals surface area contributed by atoms with Crippen LogP contribution in [0.3, 0.4) is 0 Å². The lowest BCUT2D eigenvalue weighted by Crippen LogP contribution is -2.45. The highest BCUT2D eigenvalue weighted by Crippen LogP contribution is 2.38. The highest BCUT2D eigenvalue weighted by Gasteiger charge is 2.34. The third-order valence-corrected chi connectivity index (χ3v) is 6.38. The maximum atomic E-state index is 13.7. The van der Waals surface area contributed by atoms with Gasteiger partial charge >= 0.3 is 0 Å². The topological polar surface area (TPSA) is 68.8 Å². The number of anilines is 3. The van der Waals surface area contributed by atoms with Crippen LogP contribution in [0.1, 0.15) is 37.0 Å². The number of carbonyl (C=O) groups excluding carboxylic acids is 2. The fraction of sp³-hybridized carbons (Fsp3) is 0.435. The zero-order valence-corrected chi connectivity index (χ0v) is 18.7. The van der Waals surface area contributed by atoms with Gasteiger partial charge in [0.1, 0.15) is 0 Å². The summed E-state index contributed by atoms with van der Waals surface area (Å²) < 4.78 is 0. The van der Waals surface area contributed by atoms with Crippen LogP contribution in [0, 0.1) is 0 Å². The lowest BCUT2D eigenvalue weighted by molar-refractivity contribution is -0.119. The molecule has 1 fully saturated rings. The number of rotatable bonds is 6. The number of likely N-dealkylation sites (N-methyl/N-ethyl adjacent to an activating group) is 1. The summed E-state index contributed by atoms with van der Waals surface area (Å²) in [6, 6.07) is 8.82. The molecule has 1 aromatic carbocycles. The van der Waals surface area contributed by atoms with Crippen LogP contribution in [0.4, 0.5) is 17.2 Å². The number of likely N-dealkylation sites (tertiary alicyclic amines) is 1. The van der Waals surface area contributed by atoms with E-state index in [-0.39, 0.29) is 18.4 Å². The molecule has 0 saturated carbocycles. The smallest absolute Gasteiger partial charge is 0.257 e. The summed E-state index contributed by atoms with van der Waals surface area (Å²) >= 11 is 6.25. The lowest BCUT2D eigenvalue weighted by atomic mass is 10.1. The van der Waals surface area contributed by atoms with Gasteiger partial charge in [-0.25, -0.2) is 4.98 Å². The molecule has 1 saturated heterocycles. The molecule has 2 aliphatic rings. The van der Waals surface area contributed by atoms with Crippen molar-refractivity contribution < 1.29 is 9.59 Å². The van der Waals surface area contributed by atoms with Gasteiger partial charge in [0, 0.05) is 23.8 Å². The van der Waals surface area contributed by atoms with Crippen molar-refractivity contribution in [1.82, 2.24) is 14.8 Å². The van der Waals surface area contributed by atoms with Crippen molar-refractivity contribution in [1.29, 1.82) is 0 Å². The third kappa shape index (κ3) is 4.44. The quantitative estimate of drug-likeness (QED) is 0.739. The normalized spacial score (nSPS) is 18.5. The maximum absolute atomic E-state index is 13.7. The molecule has 0 spiro atoms. The first kappa shape index (κ1) is 21.7. The Labute approximate surface area is 188 Å². The second kappa shape index (κ2) is 9.34. The Hall–Kier alpha value is -2.48. The molecule has 8 heteroatoms. The number of nitrogens with zero attached hydrogens (tertiary/aromatic N) is 4. The van der Waals surface area contributed by atoms with Crippen LogP contribution in [0.15, 0.2) is 36.5 Å². The molecule has 2 aliphatic heterocycles. The number of hydrogen-bond donors (Lipinski definition) is 1.